The number of carbonyl (C=O) groups excluding carboxylic acids is 1. The third kappa shape index (κ3) is 4.93. The summed E-state index contributed by atoms with van der Waals surface area (Å²) in [4.78, 5) is 11.5. The second-order valence-corrected chi connectivity index (χ2v) is 5.05. The first kappa shape index (κ1) is 14.4. The normalized spacial score (nSPS) is 9.85. The van der Waals surface area contributed by atoms with Crippen molar-refractivity contribution in [3.63, 3.8) is 0 Å². The van der Waals surface area contributed by atoms with E-state index in [1.165, 1.54) is 0 Å². The highest BCUT2D eigenvalue weighted by Gasteiger charge is 2.01. The van der Waals surface area contributed by atoms with Gasteiger partial charge in [0, 0.05) is 10.9 Å². The van der Waals surface area contributed by atoms with Gasteiger partial charge >= 0.3 is 6.09 Å². The number of carbonyl (C=O) groups is 1. The molecule has 0 aliphatic rings. The largest absolute Gasteiger partial charge is 0.448 e. The smallest absolute Gasteiger partial charge is 0.425 e. The van der Waals surface area contributed by atoms with Crippen LogP contribution in [0.5, 0.6) is 0 Å². The van der Waals surface area contributed by atoms with Gasteiger partial charge < -0.3 is 4.74 Å². The van der Waals surface area contributed by atoms with Crippen molar-refractivity contribution in [1.82, 2.24) is 5.43 Å². The molecule has 0 aliphatic carbocycles. The highest BCUT2D eigenvalue weighted by atomic mass is 79.9. The number of hydrogen-bond acceptors (Lipinski definition) is 3. The maximum atomic E-state index is 11.5. The zero-order valence-electron chi connectivity index (χ0n) is 10.8. The van der Waals surface area contributed by atoms with Crippen LogP contribution < -0.4 is 10.9 Å². The van der Waals surface area contributed by atoms with Crippen LogP contribution in [0.25, 0.3) is 0 Å². The van der Waals surface area contributed by atoms with Gasteiger partial charge in [-0.3, -0.25) is 5.43 Å². The second kappa shape index (κ2) is 7.55. The van der Waals surface area contributed by atoms with Gasteiger partial charge in [-0.1, -0.05) is 52.3 Å². The summed E-state index contributed by atoms with van der Waals surface area (Å²) in [5.74, 6) is 0. The van der Waals surface area contributed by atoms with Crippen molar-refractivity contribution in [2.75, 3.05) is 12.0 Å². The number of nitrogens with one attached hydrogen (secondary N) is 2. The fourth-order valence-corrected chi connectivity index (χ4v) is 2.03. The molecule has 0 fully saturated rings. The molecule has 104 valence electrons. The van der Waals surface area contributed by atoms with Gasteiger partial charge in [-0.15, -0.1) is 0 Å². The third-order valence-corrected chi connectivity index (χ3v) is 3.09. The van der Waals surface area contributed by atoms with Crippen LogP contribution in [0.2, 0.25) is 0 Å². The molecule has 0 aliphatic heterocycles. The van der Waals surface area contributed by atoms with Crippen molar-refractivity contribution in [2.24, 2.45) is 0 Å². The summed E-state index contributed by atoms with van der Waals surface area (Å²) < 4.78 is 6.01. The maximum absolute atomic E-state index is 11.5. The summed E-state index contributed by atoms with van der Waals surface area (Å²) in [7, 11) is 0. The third-order valence-electron chi connectivity index (χ3n) is 2.60. The van der Waals surface area contributed by atoms with Gasteiger partial charge in [-0.25, -0.2) is 10.2 Å². The molecule has 0 unspecified atom stereocenters. The lowest BCUT2D eigenvalue weighted by Gasteiger charge is -2.09. The monoisotopic (exact) mass is 334 g/mol. The van der Waals surface area contributed by atoms with E-state index in [-0.39, 0.29) is 0 Å². The number of benzene rings is 2. The van der Waals surface area contributed by atoms with E-state index < -0.39 is 6.09 Å². The van der Waals surface area contributed by atoms with Gasteiger partial charge in [0.1, 0.15) is 0 Å². The molecule has 0 saturated carbocycles. The molecule has 2 aromatic rings. The average molecular weight is 335 g/mol. The van der Waals surface area contributed by atoms with Crippen LogP contribution >= 0.6 is 15.9 Å². The molecule has 0 atom stereocenters. The van der Waals surface area contributed by atoms with Gasteiger partial charge in [0.25, 0.3) is 0 Å². The predicted molar refractivity (Wildman–Crippen MR) is 82.4 cm³/mol. The quantitative estimate of drug-likeness (QED) is 0.819. The Hall–Kier alpha value is -2.01. The molecule has 5 heteroatoms. The minimum absolute atomic E-state index is 0.343. The number of hydrazine groups is 1. The molecule has 4 nitrogen and oxygen atoms in total. The Bertz CT molecular complexity index is 561. The Balaban J connectivity index is 1.68. The Morgan fingerprint density at radius 1 is 1.10 bits per heavy atom. The number of halogens is 1. The van der Waals surface area contributed by atoms with Gasteiger partial charge in [0.15, 0.2) is 0 Å². The predicted octanol–water partition coefficient (Wildman–Crippen LogP) is 3.74. The lowest BCUT2D eigenvalue weighted by atomic mass is 10.2. The van der Waals surface area contributed by atoms with E-state index >= 15 is 0 Å². The van der Waals surface area contributed by atoms with Gasteiger partial charge in [-0.2, -0.15) is 0 Å². The van der Waals surface area contributed by atoms with E-state index in [0.29, 0.717) is 13.0 Å². The molecule has 0 heterocycles. The standard InChI is InChI=1S/C15H15BrN2O2/c16-13-7-4-8-14(11-13)17-18-15(19)20-10-9-12-5-2-1-3-6-12/h1-8,11,17H,9-10H2,(H,18,19). The highest BCUT2D eigenvalue weighted by Crippen LogP contribution is 2.14. The first-order valence-electron chi connectivity index (χ1n) is 6.22. The lowest BCUT2D eigenvalue weighted by molar-refractivity contribution is 0.149. The van der Waals surface area contributed by atoms with Crippen molar-refractivity contribution in [3.05, 3.63) is 64.6 Å². The minimum Gasteiger partial charge on any atom is -0.448 e. The van der Waals surface area contributed by atoms with E-state index in [0.717, 1.165) is 15.7 Å². The molecule has 2 N–H and O–H groups in total. The van der Waals surface area contributed by atoms with Crippen LogP contribution in [0.15, 0.2) is 59.1 Å². The highest BCUT2D eigenvalue weighted by molar-refractivity contribution is 9.10. The molecule has 0 aromatic heterocycles. The lowest BCUT2D eigenvalue weighted by Crippen LogP contribution is -2.30. The summed E-state index contributed by atoms with van der Waals surface area (Å²) in [5, 5.41) is 0. The van der Waals surface area contributed by atoms with E-state index in [4.69, 9.17) is 4.74 Å². The summed E-state index contributed by atoms with van der Waals surface area (Å²) in [6.07, 6.45) is 0.200. The average Bonchev–Trinajstić information content (AvgIpc) is 2.46. The number of hydrogen-bond donors (Lipinski definition) is 2. The van der Waals surface area contributed by atoms with Gasteiger partial charge in [-0.05, 0) is 23.8 Å². The minimum atomic E-state index is -0.499. The summed E-state index contributed by atoms with van der Waals surface area (Å²) >= 11 is 3.35. The van der Waals surface area contributed by atoms with Crippen molar-refractivity contribution in [3.8, 4) is 0 Å². The van der Waals surface area contributed by atoms with E-state index in [1.807, 2.05) is 54.6 Å². The zero-order chi connectivity index (χ0) is 14.2. The molecular formula is C15H15BrN2O2. The molecule has 0 radical (unpaired) electrons. The van der Waals surface area contributed by atoms with E-state index in [2.05, 4.69) is 26.8 Å². The fraction of sp³-hybridized carbons (Fsp3) is 0.133. The van der Waals surface area contributed by atoms with Crippen LogP contribution in [0.3, 0.4) is 0 Å². The molecule has 0 bridgehead atoms. The number of rotatable bonds is 5. The Labute approximate surface area is 126 Å². The fourth-order valence-electron chi connectivity index (χ4n) is 1.63. The Morgan fingerprint density at radius 2 is 1.90 bits per heavy atom. The van der Waals surface area contributed by atoms with E-state index in [9.17, 15) is 4.79 Å². The first-order chi connectivity index (χ1) is 9.74. The molecule has 20 heavy (non-hydrogen) atoms. The number of ether oxygens (including phenoxy) is 1. The van der Waals surface area contributed by atoms with Crippen molar-refractivity contribution in [1.29, 1.82) is 0 Å². The Morgan fingerprint density at radius 3 is 2.65 bits per heavy atom. The number of anilines is 1. The summed E-state index contributed by atoms with van der Waals surface area (Å²) in [6, 6.07) is 17.4. The van der Waals surface area contributed by atoms with Gasteiger partial charge in [0.05, 0.1) is 12.3 Å². The zero-order valence-corrected chi connectivity index (χ0v) is 12.4. The van der Waals surface area contributed by atoms with E-state index in [1.54, 1.807) is 0 Å². The van der Waals surface area contributed by atoms with Crippen molar-refractivity contribution in [2.45, 2.75) is 6.42 Å². The molecule has 2 aromatic carbocycles. The number of amides is 1. The molecule has 0 saturated heterocycles. The maximum Gasteiger partial charge on any atom is 0.425 e. The molecule has 2 rings (SSSR count). The second-order valence-electron chi connectivity index (χ2n) is 4.13. The molecule has 1 amide bonds. The summed E-state index contributed by atoms with van der Waals surface area (Å²) in [5.41, 5.74) is 7.18. The summed E-state index contributed by atoms with van der Waals surface area (Å²) in [6.45, 7) is 0.343. The van der Waals surface area contributed by atoms with Crippen molar-refractivity contribution < 1.29 is 9.53 Å². The first-order valence-corrected chi connectivity index (χ1v) is 7.01. The Kier molecular flexibility index (Phi) is 5.43. The van der Waals surface area contributed by atoms with Gasteiger partial charge in [0.2, 0.25) is 0 Å². The molecular weight excluding hydrogens is 320 g/mol. The van der Waals surface area contributed by atoms with Crippen LogP contribution in [0.4, 0.5) is 10.5 Å². The van der Waals surface area contributed by atoms with Crippen LogP contribution in [-0.2, 0) is 11.2 Å². The van der Waals surface area contributed by atoms with Crippen LogP contribution in [-0.4, -0.2) is 12.7 Å². The molecule has 0 spiro atoms. The SMILES string of the molecule is O=C(NNc1cccc(Br)c1)OCCc1ccccc1. The van der Waals surface area contributed by atoms with Crippen LogP contribution in [0.1, 0.15) is 5.56 Å². The van der Waals surface area contributed by atoms with Crippen LogP contribution in [0, 0.1) is 0 Å². The topological polar surface area (TPSA) is 50.4 Å². The van der Waals surface area contributed by atoms with Crippen molar-refractivity contribution >= 4 is 27.7 Å².